The first kappa shape index (κ1) is 9.62. The fraction of sp³-hybridized carbons (Fsp3) is 0.786. The molecule has 3 aliphatic carbocycles. The van der Waals surface area contributed by atoms with Crippen LogP contribution in [0.2, 0.25) is 0 Å². The van der Waals surface area contributed by atoms with Gasteiger partial charge in [0.1, 0.15) is 5.78 Å². The van der Waals surface area contributed by atoms with E-state index in [0.29, 0.717) is 11.2 Å². The lowest BCUT2D eigenvalue weighted by molar-refractivity contribution is -0.125. The SMILES string of the molecule is CC1=CC[C@]23CCC[C@@]12C(=O)CC3(C)C. The summed E-state index contributed by atoms with van der Waals surface area (Å²) in [6.45, 7) is 6.81. The maximum absolute atomic E-state index is 12.4. The van der Waals surface area contributed by atoms with Crippen LogP contribution in [0, 0.1) is 16.2 Å². The van der Waals surface area contributed by atoms with Crippen molar-refractivity contribution in [2.24, 2.45) is 16.2 Å². The Balaban J connectivity index is 2.25. The number of rotatable bonds is 0. The van der Waals surface area contributed by atoms with Gasteiger partial charge in [-0.15, -0.1) is 0 Å². The molecule has 82 valence electrons. The van der Waals surface area contributed by atoms with Gasteiger partial charge < -0.3 is 0 Å². The topological polar surface area (TPSA) is 17.1 Å². The summed E-state index contributed by atoms with van der Waals surface area (Å²) in [5, 5.41) is 0. The van der Waals surface area contributed by atoms with Gasteiger partial charge in [-0.05, 0) is 37.0 Å². The first-order valence-corrected chi connectivity index (χ1v) is 6.17. The molecule has 0 aliphatic heterocycles. The Hall–Kier alpha value is -0.590. The first-order valence-electron chi connectivity index (χ1n) is 6.17. The summed E-state index contributed by atoms with van der Waals surface area (Å²) >= 11 is 0. The number of carbonyl (C=O) groups excluding carboxylic acids is 1. The monoisotopic (exact) mass is 204 g/mol. The van der Waals surface area contributed by atoms with Gasteiger partial charge >= 0.3 is 0 Å². The van der Waals surface area contributed by atoms with E-state index in [2.05, 4.69) is 26.8 Å². The van der Waals surface area contributed by atoms with E-state index in [1.54, 1.807) is 0 Å². The van der Waals surface area contributed by atoms with Crippen LogP contribution in [-0.4, -0.2) is 5.78 Å². The number of hydrogen-bond donors (Lipinski definition) is 0. The molecule has 0 aromatic heterocycles. The third kappa shape index (κ3) is 0.745. The predicted molar refractivity (Wildman–Crippen MR) is 60.5 cm³/mol. The highest BCUT2D eigenvalue weighted by molar-refractivity contribution is 5.93. The molecule has 15 heavy (non-hydrogen) atoms. The fourth-order valence-corrected chi connectivity index (χ4v) is 5.00. The van der Waals surface area contributed by atoms with Gasteiger partial charge in [0.2, 0.25) is 0 Å². The maximum Gasteiger partial charge on any atom is 0.144 e. The molecule has 3 aliphatic rings. The van der Waals surface area contributed by atoms with E-state index in [0.717, 1.165) is 19.3 Å². The molecule has 2 atom stereocenters. The molecule has 0 aromatic carbocycles. The molecule has 0 heterocycles. The molecule has 2 saturated carbocycles. The second-order valence-corrected chi connectivity index (χ2v) is 6.42. The summed E-state index contributed by atoms with van der Waals surface area (Å²) < 4.78 is 0. The average molecular weight is 204 g/mol. The number of hydrogen-bond acceptors (Lipinski definition) is 1. The highest BCUT2D eigenvalue weighted by atomic mass is 16.1. The fourth-order valence-electron chi connectivity index (χ4n) is 5.00. The molecule has 3 rings (SSSR count). The van der Waals surface area contributed by atoms with Crippen molar-refractivity contribution in [3.8, 4) is 0 Å². The summed E-state index contributed by atoms with van der Waals surface area (Å²) in [7, 11) is 0. The van der Waals surface area contributed by atoms with Gasteiger partial charge in [-0.25, -0.2) is 0 Å². The Kier molecular flexibility index (Phi) is 1.53. The summed E-state index contributed by atoms with van der Waals surface area (Å²) in [4.78, 5) is 12.4. The van der Waals surface area contributed by atoms with E-state index in [1.165, 1.54) is 18.4 Å². The van der Waals surface area contributed by atoms with E-state index >= 15 is 0 Å². The van der Waals surface area contributed by atoms with Gasteiger partial charge in [-0.3, -0.25) is 4.79 Å². The lowest BCUT2D eigenvalue weighted by Crippen LogP contribution is -2.40. The van der Waals surface area contributed by atoms with Gasteiger partial charge in [0.05, 0.1) is 5.41 Å². The van der Waals surface area contributed by atoms with Crippen molar-refractivity contribution in [2.45, 2.75) is 52.9 Å². The van der Waals surface area contributed by atoms with Crippen molar-refractivity contribution in [3.63, 3.8) is 0 Å². The summed E-state index contributed by atoms with van der Waals surface area (Å²) in [6, 6.07) is 0. The largest absolute Gasteiger partial charge is 0.299 e. The van der Waals surface area contributed by atoms with Crippen LogP contribution in [-0.2, 0) is 4.79 Å². The van der Waals surface area contributed by atoms with Crippen molar-refractivity contribution in [3.05, 3.63) is 11.6 Å². The molecule has 0 spiro atoms. The van der Waals surface area contributed by atoms with Gasteiger partial charge in [0.25, 0.3) is 0 Å². The average Bonchev–Trinajstić information content (AvgIpc) is 2.68. The smallest absolute Gasteiger partial charge is 0.144 e. The lowest BCUT2D eigenvalue weighted by Gasteiger charge is -2.43. The molecular formula is C14H20O. The van der Waals surface area contributed by atoms with Gasteiger partial charge in [-0.1, -0.05) is 31.9 Å². The molecule has 0 bridgehead atoms. The molecular weight excluding hydrogens is 184 g/mol. The predicted octanol–water partition coefficient (Wildman–Crippen LogP) is 3.49. The van der Waals surface area contributed by atoms with Gasteiger partial charge in [0, 0.05) is 6.42 Å². The van der Waals surface area contributed by atoms with Crippen LogP contribution in [0.5, 0.6) is 0 Å². The highest BCUT2D eigenvalue weighted by Crippen LogP contribution is 2.75. The Bertz CT molecular complexity index is 377. The van der Waals surface area contributed by atoms with Crippen molar-refractivity contribution in [1.82, 2.24) is 0 Å². The maximum atomic E-state index is 12.4. The summed E-state index contributed by atoms with van der Waals surface area (Å²) in [6.07, 6.45) is 7.94. The molecule has 1 heteroatoms. The van der Waals surface area contributed by atoms with Crippen LogP contribution in [0.25, 0.3) is 0 Å². The van der Waals surface area contributed by atoms with Crippen LogP contribution >= 0.6 is 0 Å². The van der Waals surface area contributed by atoms with E-state index in [-0.39, 0.29) is 10.8 Å². The number of carbonyl (C=O) groups is 1. The van der Waals surface area contributed by atoms with E-state index in [1.807, 2.05) is 0 Å². The highest BCUT2D eigenvalue weighted by Gasteiger charge is 2.71. The molecule has 1 nitrogen and oxygen atoms in total. The zero-order valence-corrected chi connectivity index (χ0v) is 10.0. The van der Waals surface area contributed by atoms with Gasteiger partial charge in [0.15, 0.2) is 0 Å². The van der Waals surface area contributed by atoms with E-state index in [9.17, 15) is 4.79 Å². The summed E-state index contributed by atoms with van der Waals surface area (Å²) in [5.41, 5.74) is 1.86. The third-order valence-electron chi connectivity index (χ3n) is 5.78. The molecule has 0 aromatic rings. The minimum atomic E-state index is -0.0312. The first-order chi connectivity index (χ1) is 6.96. The Morgan fingerprint density at radius 2 is 2.00 bits per heavy atom. The van der Waals surface area contributed by atoms with E-state index in [4.69, 9.17) is 0 Å². The number of ketones is 1. The van der Waals surface area contributed by atoms with Crippen LogP contribution < -0.4 is 0 Å². The van der Waals surface area contributed by atoms with Crippen molar-refractivity contribution >= 4 is 5.78 Å². The molecule has 0 N–H and O–H groups in total. The minimum Gasteiger partial charge on any atom is -0.299 e. The quantitative estimate of drug-likeness (QED) is 0.552. The van der Waals surface area contributed by atoms with Crippen LogP contribution in [0.1, 0.15) is 52.9 Å². The zero-order valence-electron chi connectivity index (χ0n) is 10.0. The molecule has 0 unspecified atom stereocenters. The number of allylic oxidation sites excluding steroid dienone is 2. The molecule has 0 amide bonds. The lowest BCUT2D eigenvalue weighted by atomic mass is 9.59. The molecule has 0 radical (unpaired) electrons. The Labute approximate surface area is 91.9 Å². The molecule has 0 saturated heterocycles. The summed E-state index contributed by atoms with van der Waals surface area (Å²) in [5.74, 6) is 0.538. The normalized spacial score (nSPS) is 46.6. The third-order valence-corrected chi connectivity index (χ3v) is 5.78. The van der Waals surface area contributed by atoms with Crippen LogP contribution in [0.15, 0.2) is 11.6 Å². The minimum absolute atomic E-state index is 0.0312. The Morgan fingerprint density at radius 1 is 1.27 bits per heavy atom. The van der Waals surface area contributed by atoms with E-state index < -0.39 is 0 Å². The second-order valence-electron chi connectivity index (χ2n) is 6.42. The van der Waals surface area contributed by atoms with Crippen molar-refractivity contribution < 1.29 is 4.79 Å². The standard InChI is InChI=1S/C14H20O/c1-10-5-8-13-6-4-7-14(10,13)11(15)9-12(13,2)3/h5H,4,6-9H2,1-3H3/t13-,14-/m0/s1. The van der Waals surface area contributed by atoms with Crippen molar-refractivity contribution in [1.29, 1.82) is 0 Å². The van der Waals surface area contributed by atoms with Crippen molar-refractivity contribution in [2.75, 3.05) is 0 Å². The van der Waals surface area contributed by atoms with Crippen LogP contribution in [0.3, 0.4) is 0 Å². The van der Waals surface area contributed by atoms with Gasteiger partial charge in [-0.2, -0.15) is 0 Å². The molecule has 2 fully saturated rings. The zero-order chi connectivity index (χ0) is 10.9. The number of Topliss-reactive ketones (excluding diaryl/α,β-unsaturated/α-hetero) is 1. The van der Waals surface area contributed by atoms with Crippen LogP contribution in [0.4, 0.5) is 0 Å². The second kappa shape index (κ2) is 2.39. The Morgan fingerprint density at radius 3 is 2.67 bits per heavy atom.